The molecule has 2 N–H and O–H groups in total. The maximum absolute atomic E-state index is 6.27. The summed E-state index contributed by atoms with van der Waals surface area (Å²) in [7, 11) is 0. The van der Waals surface area contributed by atoms with Gasteiger partial charge in [0.15, 0.2) is 0 Å². The standard InChI is InChI=1S/C15H27N3/c1-2-10-18-12-14(11-17-18)15(16)9-8-13-6-4-3-5-7-13/h11-13,15H,2-10,16H2,1H3. The summed E-state index contributed by atoms with van der Waals surface area (Å²) in [6, 6.07) is 0.178. The van der Waals surface area contributed by atoms with E-state index in [0.717, 1.165) is 25.3 Å². The zero-order valence-electron chi connectivity index (χ0n) is 11.6. The third kappa shape index (κ3) is 3.84. The normalized spacial score (nSPS) is 19.0. The van der Waals surface area contributed by atoms with E-state index in [1.165, 1.54) is 44.1 Å². The van der Waals surface area contributed by atoms with E-state index in [1.54, 1.807) is 0 Å². The number of aryl methyl sites for hydroxylation is 1. The van der Waals surface area contributed by atoms with Crippen molar-refractivity contribution in [2.75, 3.05) is 0 Å². The number of rotatable bonds is 6. The van der Waals surface area contributed by atoms with Gasteiger partial charge in [-0.1, -0.05) is 39.0 Å². The van der Waals surface area contributed by atoms with Crippen molar-refractivity contribution < 1.29 is 0 Å². The van der Waals surface area contributed by atoms with Crippen LogP contribution in [0, 0.1) is 5.92 Å². The van der Waals surface area contributed by atoms with Crippen LogP contribution in [-0.2, 0) is 6.54 Å². The Morgan fingerprint density at radius 2 is 2.17 bits per heavy atom. The fourth-order valence-electron chi connectivity index (χ4n) is 2.98. The summed E-state index contributed by atoms with van der Waals surface area (Å²) in [5.41, 5.74) is 7.48. The molecule has 2 rings (SSSR count). The number of hydrogen-bond acceptors (Lipinski definition) is 2. The van der Waals surface area contributed by atoms with Gasteiger partial charge in [0.1, 0.15) is 0 Å². The van der Waals surface area contributed by atoms with Gasteiger partial charge in [0, 0.05) is 24.3 Å². The second-order valence-electron chi connectivity index (χ2n) is 5.72. The molecule has 0 radical (unpaired) electrons. The summed E-state index contributed by atoms with van der Waals surface area (Å²) in [6.45, 7) is 3.17. The van der Waals surface area contributed by atoms with Crippen molar-refractivity contribution in [1.29, 1.82) is 0 Å². The Morgan fingerprint density at radius 1 is 1.39 bits per heavy atom. The molecule has 1 aliphatic carbocycles. The highest BCUT2D eigenvalue weighted by molar-refractivity contribution is 5.09. The van der Waals surface area contributed by atoms with E-state index in [-0.39, 0.29) is 6.04 Å². The number of nitrogens with zero attached hydrogens (tertiary/aromatic N) is 2. The van der Waals surface area contributed by atoms with E-state index in [9.17, 15) is 0 Å². The Hall–Kier alpha value is -0.830. The minimum Gasteiger partial charge on any atom is -0.324 e. The molecule has 3 nitrogen and oxygen atoms in total. The number of nitrogens with two attached hydrogens (primary N) is 1. The van der Waals surface area contributed by atoms with Crippen molar-refractivity contribution in [3.63, 3.8) is 0 Å². The summed E-state index contributed by atoms with van der Waals surface area (Å²) >= 11 is 0. The molecular formula is C15H27N3. The lowest BCUT2D eigenvalue weighted by Crippen LogP contribution is -2.13. The Labute approximate surface area is 111 Å². The molecule has 1 aromatic heterocycles. The third-order valence-corrected chi connectivity index (χ3v) is 4.14. The predicted octanol–water partition coefficient (Wildman–Crippen LogP) is 3.65. The van der Waals surface area contributed by atoms with Crippen LogP contribution in [0.2, 0.25) is 0 Å². The molecule has 0 saturated heterocycles. The molecule has 1 unspecified atom stereocenters. The van der Waals surface area contributed by atoms with Gasteiger partial charge < -0.3 is 5.73 Å². The minimum absolute atomic E-state index is 0.178. The highest BCUT2D eigenvalue weighted by Gasteiger charge is 2.16. The Kier molecular flexibility index (Phi) is 5.24. The second-order valence-corrected chi connectivity index (χ2v) is 5.72. The SMILES string of the molecule is CCCn1cc(C(N)CCC2CCCCC2)cn1. The molecule has 0 aromatic carbocycles. The molecular weight excluding hydrogens is 222 g/mol. The first-order valence-corrected chi connectivity index (χ1v) is 7.57. The van der Waals surface area contributed by atoms with Crippen molar-refractivity contribution in [2.24, 2.45) is 11.7 Å². The highest BCUT2D eigenvalue weighted by atomic mass is 15.3. The Morgan fingerprint density at radius 3 is 2.89 bits per heavy atom. The molecule has 1 aliphatic rings. The van der Waals surface area contributed by atoms with Gasteiger partial charge in [-0.3, -0.25) is 4.68 Å². The Balaban J connectivity index is 1.77. The molecule has 3 heteroatoms. The van der Waals surface area contributed by atoms with E-state index in [4.69, 9.17) is 5.73 Å². The molecule has 0 aliphatic heterocycles. The van der Waals surface area contributed by atoms with Crippen LogP contribution in [-0.4, -0.2) is 9.78 Å². The van der Waals surface area contributed by atoms with E-state index in [1.807, 2.05) is 10.9 Å². The van der Waals surface area contributed by atoms with Gasteiger partial charge in [0.05, 0.1) is 6.20 Å². The average Bonchev–Trinajstić information content (AvgIpc) is 2.86. The first kappa shape index (κ1) is 13.6. The van der Waals surface area contributed by atoms with Crippen LogP contribution in [0.15, 0.2) is 12.4 Å². The number of hydrogen-bond donors (Lipinski definition) is 1. The van der Waals surface area contributed by atoms with Crippen molar-refractivity contribution in [3.05, 3.63) is 18.0 Å². The van der Waals surface area contributed by atoms with Crippen molar-refractivity contribution >= 4 is 0 Å². The minimum atomic E-state index is 0.178. The van der Waals surface area contributed by atoms with Gasteiger partial charge in [0.25, 0.3) is 0 Å². The Bertz CT molecular complexity index is 339. The van der Waals surface area contributed by atoms with E-state index < -0.39 is 0 Å². The largest absolute Gasteiger partial charge is 0.324 e. The van der Waals surface area contributed by atoms with Crippen molar-refractivity contribution in [3.8, 4) is 0 Å². The van der Waals surface area contributed by atoms with Gasteiger partial charge in [-0.15, -0.1) is 0 Å². The second kappa shape index (κ2) is 6.93. The summed E-state index contributed by atoms with van der Waals surface area (Å²) < 4.78 is 2.01. The van der Waals surface area contributed by atoms with E-state index in [2.05, 4.69) is 18.2 Å². The molecule has 1 aromatic rings. The lowest BCUT2D eigenvalue weighted by molar-refractivity contribution is 0.324. The summed E-state index contributed by atoms with van der Waals surface area (Å²) in [4.78, 5) is 0. The van der Waals surface area contributed by atoms with Crippen LogP contribution >= 0.6 is 0 Å². The van der Waals surface area contributed by atoms with Gasteiger partial charge in [-0.05, 0) is 25.2 Å². The van der Waals surface area contributed by atoms with Gasteiger partial charge in [-0.25, -0.2) is 0 Å². The lowest BCUT2D eigenvalue weighted by atomic mass is 9.85. The van der Waals surface area contributed by atoms with Crippen LogP contribution in [0.4, 0.5) is 0 Å². The maximum Gasteiger partial charge on any atom is 0.0537 e. The lowest BCUT2D eigenvalue weighted by Gasteiger charge is -2.22. The molecule has 0 amide bonds. The first-order chi connectivity index (χ1) is 8.79. The summed E-state index contributed by atoms with van der Waals surface area (Å²) in [6.07, 6.45) is 14.7. The van der Waals surface area contributed by atoms with E-state index in [0.29, 0.717) is 0 Å². The van der Waals surface area contributed by atoms with Crippen LogP contribution in [0.25, 0.3) is 0 Å². The van der Waals surface area contributed by atoms with Gasteiger partial charge in [-0.2, -0.15) is 5.10 Å². The summed E-state index contributed by atoms with van der Waals surface area (Å²) in [5, 5.41) is 4.36. The summed E-state index contributed by atoms with van der Waals surface area (Å²) in [5.74, 6) is 0.926. The molecule has 1 atom stereocenters. The third-order valence-electron chi connectivity index (χ3n) is 4.14. The zero-order valence-corrected chi connectivity index (χ0v) is 11.6. The zero-order chi connectivity index (χ0) is 12.8. The van der Waals surface area contributed by atoms with E-state index >= 15 is 0 Å². The molecule has 102 valence electrons. The van der Waals surface area contributed by atoms with Crippen molar-refractivity contribution in [2.45, 2.75) is 70.9 Å². The predicted molar refractivity (Wildman–Crippen MR) is 75.3 cm³/mol. The fraction of sp³-hybridized carbons (Fsp3) is 0.800. The fourth-order valence-corrected chi connectivity index (χ4v) is 2.98. The molecule has 18 heavy (non-hydrogen) atoms. The molecule has 0 bridgehead atoms. The van der Waals surface area contributed by atoms with Gasteiger partial charge in [0.2, 0.25) is 0 Å². The van der Waals surface area contributed by atoms with Crippen molar-refractivity contribution in [1.82, 2.24) is 9.78 Å². The average molecular weight is 249 g/mol. The first-order valence-electron chi connectivity index (χ1n) is 7.57. The highest BCUT2D eigenvalue weighted by Crippen LogP contribution is 2.29. The molecule has 0 spiro atoms. The maximum atomic E-state index is 6.27. The smallest absolute Gasteiger partial charge is 0.0537 e. The molecule has 1 fully saturated rings. The van der Waals surface area contributed by atoms with Crippen LogP contribution in [0.1, 0.15) is 69.9 Å². The van der Waals surface area contributed by atoms with Crippen LogP contribution in [0.5, 0.6) is 0 Å². The topological polar surface area (TPSA) is 43.8 Å². The quantitative estimate of drug-likeness (QED) is 0.836. The molecule has 1 saturated carbocycles. The monoisotopic (exact) mass is 249 g/mol. The molecule has 1 heterocycles. The van der Waals surface area contributed by atoms with Crippen LogP contribution < -0.4 is 5.73 Å². The van der Waals surface area contributed by atoms with Gasteiger partial charge >= 0.3 is 0 Å². The van der Waals surface area contributed by atoms with Crippen LogP contribution in [0.3, 0.4) is 0 Å². The number of aromatic nitrogens is 2.